The average molecular weight is 328 g/mol. The van der Waals surface area contributed by atoms with E-state index in [2.05, 4.69) is 4.74 Å². The first-order chi connectivity index (χ1) is 8.02. The standard InChI is InChI=1S/C5H4F8O5S/c1-17-2(6,7)3(8,9)18-4(10,11)5(12,13)19(14,15)16/h1H3,(H,14,15,16). The summed E-state index contributed by atoms with van der Waals surface area (Å²) in [5.74, 6) is 0. The largest absolute Gasteiger partial charge is 0.460 e. The Kier molecular flexibility index (Phi) is 4.50. The molecule has 0 radical (unpaired) electrons. The summed E-state index contributed by atoms with van der Waals surface area (Å²) >= 11 is 0. The SMILES string of the molecule is COC(F)(F)C(F)(F)OC(F)(F)C(F)(F)S(=O)(=O)O. The fraction of sp³-hybridized carbons (Fsp3) is 1.00. The fourth-order valence-corrected chi connectivity index (χ4v) is 0.891. The Morgan fingerprint density at radius 3 is 1.47 bits per heavy atom. The molecule has 0 aliphatic rings. The van der Waals surface area contributed by atoms with Gasteiger partial charge >= 0.3 is 33.7 Å². The molecule has 14 heteroatoms. The second-order valence-electron chi connectivity index (χ2n) is 2.85. The minimum atomic E-state index is -6.91. The van der Waals surface area contributed by atoms with E-state index in [1.54, 1.807) is 0 Å². The molecule has 5 nitrogen and oxygen atoms in total. The van der Waals surface area contributed by atoms with Crippen LogP contribution in [0.15, 0.2) is 0 Å². The Morgan fingerprint density at radius 2 is 1.21 bits per heavy atom. The third-order valence-electron chi connectivity index (χ3n) is 1.51. The van der Waals surface area contributed by atoms with Gasteiger partial charge in [-0.1, -0.05) is 0 Å². The van der Waals surface area contributed by atoms with E-state index in [0.29, 0.717) is 0 Å². The van der Waals surface area contributed by atoms with Gasteiger partial charge in [-0.05, 0) is 0 Å². The molecule has 0 aliphatic carbocycles. The normalized spacial score (nSPS) is 15.7. The molecule has 0 aromatic heterocycles. The number of hydrogen-bond donors (Lipinski definition) is 1. The van der Waals surface area contributed by atoms with Gasteiger partial charge in [0.2, 0.25) is 0 Å². The van der Waals surface area contributed by atoms with Crippen molar-refractivity contribution >= 4 is 10.1 Å². The van der Waals surface area contributed by atoms with Gasteiger partial charge in [0.1, 0.15) is 0 Å². The van der Waals surface area contributed by atoms with E-state index in [9.17, 15) is 43.5 Å². The Morgan fingerprint density at radius 1 is 0.842 bits per heavy atom. The van der Waals surface area contributed by atoms with E-state index >= 15 is 0 Å². The lowest BCUT2D eigenvalue weighted by Gasteiger charge is -2.30. The van der Waals surface area contributed by atoms with E-state index in [-0.39, 0.29) is 7.11 Å². The quantitative estimate of drug-likeness (QED) is 0.596. The zero-order chi connectivity index (χ0) is 15.9. The summed E-state index contributed by atoms with van der Waals surface area (Å²) < 4.78 is 131. The first kappa shape index (κ1) is 18.3. The van der Waals surface area contributed by atoms with Gasteiger partial charge in [0.15, 0.2) is 0 Å². The first-order valence-corrected chi connectivity index (χ1v) is 5.19. The molecule has 0 saturated carbocycles. The lowest BCUT2D eigenvalue weighted by Crippen LogP contribution is -2.56. The third-order valence-corrected chi connectivity index (χ3v) is 2.40. The van der Waals surface area contributed by atoms with Gasteiger partial charge in [0.25, 0.3) is 0 Å². The minimum absolute atomic E-state index is 0.0870. The molecule has 0 rings (SSSR count). The van der Waals surface area contributed by atoms with Crippen molar-refractivity contribution in [1.82, 2.24) is 0 Å². The van der Waals surface area contributed by atoms with Crippen molar-refractivity contribution in [2.75, 3.05) is 7.11 Å². The van der Waals surface area contributed by atoms with Gasteiger partial charge in [-0.2, -0.15) is 43.5 Å². The zero-order valence-electron chi connectivity index (χ0n) is 8.51. The zero-order valence-corrected chi connectivity index (χ0v) is 9.33. The number of methoxy groups -OCH3 is 1. The maximum atomic E-state index is 12.5. The summed E-state index contributed by atoms with van der Waals surface area (Å²) in [6.45, 7) is 0. The molecular formula is C5H4F8O5S. The predicted octanol–water partition coefficient (Wildman–Crippen LogP) is 1.91. The van der Waals surface area contributed by atoms with Gasteiger partial charge in [0.05, 0.1) is 0 Å². The maximum absolute atomic E-state index is 12.5. The highest BCUT2D eigenvalue weighted by molar-refractivity contribution is 7.86. The number of hydrogen-bond acceptors (Lipinski definition) is 4. The molecule has 0 aliphatic heterocycles. The Balaban J connectivity index is 5.51. The smallest absolute Gasteiger partial charge is 0.317 e. The monoisotopic (exact) mass is 328 g/mol. The van der Waals surface area contributed by atoms with E-state index in [4.69, 9.17) is 4.55 Å². The number of ether oxygens (including phenoxy) is 2. The molecule has 0 spiro atoms. The summed E-state index contributed by atoms with van der Waals surface area (Å²) in [5, 5.41) is -6.59. The van der Waals surface area contributed by atoms with Crippen LogP contribution in [0.1, 0.15) is 0 Å². The summed E-state index contributed by atoms with van der Waals surface area (Å²) in [6, 6.07) is 0. The minimum Gasteiger partial charge on any atom is -0.317 e. The van der Waals surface area contributed by atoms with Crippen molar-refractivity contribution < 1.29 is 57.6 Å². The summed E-state index contributed by atoms with van der Waals surface area (Å²) in [4.78, 5) is 0. The van der Waals surface area contributed by atoms with E-state index in [1.165, 1.54) is 0 Å². The van der Waals surface area contributed by atoms with Crippen LogP contribution in [0.2, 0.25) is 0 Å². The molecule has 0 bridgehead atoms. The van der Waals surface area contributed by atoms with Crippen molar-refractivity contribution in [1.29, 1.82) is 0 Å². The van der Waals surface area contributed by atoms with Crippen LogP contribution in [0.25, 0.3) is 0 Å². The van der Waals surface area contributed by atoms with E-state index in [1.807, 2.05) is 4.74 Å². The third kappa shape index (κ3) is 3.24. The molecule has 0 atom stereocenters. The highest BCUT2D eigenvalue weighted by Crippen LogP contribution is 2.46. The molecule has 0 heterocycles. The molecule has 116 valence electrons. The van der Waals surface area contributed by atoms with Crippen LogP contribution in [-0.2, 0) is 19.6 Å². The van der Waals surface area contributed by atoms with E-state index in [0.717, 1.165) is 0 Å². The lowest BCUT2D eigenvalue weighted by atomic mass is 10.5. The second kappa shape index (κ2) is 4.68. The Hall–Kier alpha value is -0.730. The van der Waals surface area contributed by atoms with Crippen LogP contribution >= 0.6 is 0 Å². The second-order valence-corrected chi connectivity index (χ2v) is 4.31. The van der Waals surface area contributed by atoms with Crippen molar-refractivity contribution in [2.45, 2.75) is 23.6 Å². The summed E-state index contributed by atoms with van der Waals surface area (Å²) in [5.41, 5.74) is 0. The Bertz CT molecular complexity index is 431. The van der Waals surface area contributed by atoms with Crippen LogP contribution in [0.4, 0.5) is 35.1 Å². The molecule has 0 aromatic rings. The fourth-order valence-electron chi connectivity index (χ4n) is 0.549. The van der Waals surface area contributed by atoms with Crippen molar-refractivity contribution in [2.24, 2.45) is 0 Å². The van der Waals surface area contributed by atoms with Gasteiger partial charge in [-0.15, -0.1) is 0 Å². The van der Waals surface area contributed by atoms with Crippen molar-refractivity contribution in [3.8, 4) is 0 Å². The van der Waals surface area contributed by atoms with Crippen molar-refractivity contribution in [3.05, 3.63) is 0 Å². The summed E-state index contributed by atoms with van der Waals surface area (Å²) in [6.07, 6.45) is -18.7. The van der Waals surface area contributed by atoms with Gasteiger partial charge in [0, 0.05) is 7.11 Å². The van der Waals surface area contributed by atoms with Crippen LogP contribution in [0.3, 0.4) is 0 Å². The predicted molar refractivity (Wildman–Crippen MR) is 39.4 cm³/mol. The van der Waals surface area contributed by atoms with Crippen LogP contribution in [-0.4, -0.2) is 43.7 Å². The van der Waals surface area contributed by atoms with Gasteiger partial charge < -0.3 is 4.74 Å². The molecular weight excluding hydrogens is 324 g/mol. The molecule has 19 heavy (non-hydrogen) atoms. The molecule has 0 amide bonds. The highest BCUT2D eigenvalue weighted by Gasteiger charge is 2.74. The first-order valence-electron chi connectivity index (χ1n) is 3.75. The van der Waals surface area contributed by atoms with Gasteiger partial charge in [-0.3, -0.25) is 4.55 Å². The molecule has 0 aromatic carbocycles. The molecule has 1 N–H and O–H groups in total. The van der Waals surface area contributed by atoms with Gasteiger partial charge in [-0.25, -0.2) is 4.74 Å². The van der Waals surface area contributed by atoms with Crippen molar-refractivity contribution in [3.63, 3.8) is 0 Å². The van der Waals surface area contributed by atoms with Crippen LogP contribution in [0.5, 0.6) is 0 Å². The van der Waals surface area contributed by atoms with Crippen LogP contribution < -0.4 is 0 Å². The highest BCUT2D eigenvalue weighted by atomic mass is 32.2. The topological polar surface area (TPSA) is 72.8 Å². The molecule has 0 unspecified atom stereocenters. The number of halogens is 8. The number of rotatable bonds is 6. The maximum Gasteiger partial charge on any atom is 0.460 e. The van der Waals surface area contributed by atoms with Crippen LogP contribution in [0, 0.1) is 0 Å². The molecule has 0 saturated heterocycles. The number of alkyl halides is 8. The Labute approximate surface area is 99.4 Å². The average Bonchev–Trinajstić information content (AvgIpc) is 2.13. The van der Waals surface area contributed by atoms with E-state index < -0.39 is 33.7 Å². The summed E-state index contributed by atoms with van der Waals surface area (Å²) in [7, 11) is -7.00. The molecule has 0 fully saturated rings. The lowest BCUT2D eigenvalue weighted by molar-refractivity contribution is -0.493.